The summed E-state index contributed by atoms with van der Waals surface area (Å²) in [4.78, 5) is 0. The fourth-order valence-electron chi connectivity index (χ4n) is 1.70. The molecule has 0 saturated carbocycles. The van der Waals surface area contributed by atoms with Gasteiger partial charge in [-0.05, 0) is 38.4 Å². The van der Waals surface area contributed by atoms with Gasteiger partial charge in [0.2, 0.25) is 0 Å². The van der Waals surface area contributed by atoms with Gasteiger partial charge < -0.3 is 14.5 Å². The summed E-state index contributed by atoms with van der Waals surface area (Å²) in [5.74, 6) is 1.90. The van der Waals surface area contributed by atoms with Crippen molar-refractivity contribution in [3.8, 4) is 0 Å². The molecule has 17 heavy (non-hydrogen) atoms. The zero-order valence-electron chi connectivity index (χ0n) is 11.3. The van der Waals surface area contributed by atoms with Gasteiger partial charge in [-0.1, -0.05) is 20.3 Å². The molecule has 1 atom stereocenters. The Bertz CT molecular complexity index is 296. The van der Waals surface area contributed by atoms with Gasteiger partial charge in [-0.25, -0.2) is 0 Å². The summed E-state index contributed by atoms with van der Waals surface area (Å²) >= 11 is 0. The predicted octanol–water partition coefficient (Wildman–Crippen LogP) is 3.48. The first-order valence-corrected chi connectivity index (χ1v) is 6.66. The van der Waals surface area contributed by atoms with Crippen molar-refractivity contribution in [3.63, 3.8) is 0 Å². The molecule has 98 valence electrons. The molecule has 1 unspecified atom stereocenters. The third kappa shape index (κ3) is 5.89. The molecule has 1 heterocycles. The summed E-state index contributed by atoms with van der Waals surface area (Å²) in [6.07, 6.45) is 3.72. The maximum atomic E-state index is 5.69. The van der Waals surface area contributed by atoms with Gasteiger partial charge in [0, 0.05) is 0 Å². The molecule has 3 heteroatoms. The van der Waals surface area contributed by atoms with Crippen molar-refractivity contribution in [2.24, 2.45) is 0 Å². The SMILES string of the molecule is CCCNCc1ccc(COC(C)CCC)o1. The topological polar surface area (TPSA) is 34.4 Å². The summed E-state index contributed by atoms with van der Waals surface area (Å²) in [7, 11) is 0. The van der Waals surface area contributed by atoms with Crippen molar-refractivity contribution < 1.29 is 9.15 Å². The average Bonchev–Trinajstić information content (AvgIpc) is 2.75. The van der Waals surface area contributed by atoms with Gasteiger partial charge in [0.15, 0.2) is 0 Å². The number of hydrogen-bond acceptors (Lipinski definition) is 3. The van der Waals surface area contributed by atoms with Crippen LogP contribution in [0.5, 0.6) is 0 Å². The third-order valence-corrected chi connectivity index (χ3v) is 2.65. The highest BCUT2D eigenvalue weighted by molar-refractivity contribution is 5.06. The van der Waals surface area contributed by atoms with Gasteiger partial charge in [-0.3, -0.25) is 0 Å². The van der Waals surface area contributed by atoms with Crippen molar-refractivity contribution in [1.82, 2.24) is 5.32 Å². The Morgan fingerprint density at radius 3 is 2.71 bits per heavy atom. The van der Waals surface area contributed by atoms with Crippen LogP contribution in [0.15, 0.2) is 16.5 Å². The molecule has 0 radical (unpaired) electrons. The predicted molar refractivity (Wildman–Crippen MR) is 69.9 cm³/mol. The Kier molecular flexibility index (Phi) is 6.97. The van der Waals surface area contributed by atoms with Gasteiger partial charge in [0.1, 0.15) is 18.1 Å². The fraction of sp³-hybridized carbons (Fsp3) is 0.714. The van der Waals surface area contributed by atoms with Crippen molar-refractivity contribution in [2.75, 3.05) is 6.54 Å². The van der Waals surface area contributed by atoms with Crippen LogP contribution in [0.4, 0.5) is 0 Å². The van der Waals surface area contributed by atoms with E-state index in [-0.39, 0.29) is 0 Å². The minimum Gasteiger partial charge on any atom is -0.462 e. The van der Waals surface area contributed by atoms with Crippen LogP contribution in [0.25, 0.3) is 0 Å². The molecule has 0 aliphatic rings. The van der Waals surface area contributed by atoms with E-state index in [9.17, 15) is 0 Å². The van der Waals surface area contributed by atoms with E-state index >= 15 is 0 Å². The molecular weight excluding hydrogens is 214 g/mol. The highest BCUT2D eigenvalue weighted by Gasteiger charge is 2.05. The zero-order valence-corrected chi connectivity index (χ0v) is 11.3. The van der Waals surface area contributed by atoms with E-state index < -0.39 is 0 Å². The second kappa shape index (κ2) is 8.31. The maximum Gasteiger partial charge on any atom is 0.129 e. The number of nitrogens with one attached hydrogen (secondary N) is 1. The lowest BCUT2D eigenvalue weighted by molar-refractivity contribution is 0.0367. The maximum absolute atomic E-state index is 5.69. The van der Waals surface area contributed by atoms with Crippen LogP contribution in [0.3, 0.4) is 0 Å². The molecule has 3 nitrogen and oxygen atoms in total. The van der Waals surface area contributed by atoms with Crippen LogP contribution in [-0.4, -0.2) is 12.6 Å². The standard InChI is InChI=1S/C14H25NO2/c1-4-6-12(3)16-11-14-8-7-13(17-14)10-15-9-5-2/h7-8,12,15H,4-6,9-11H2,1-3H3. The Morgan fingerprint density at radius 1 is 1.24 bits per heavy atom. The highest BCUT2D eigenvalue weighted by atomic mass is 16.5. The second-order valence-corrected chi connectivity index (χ2v) is 4.46. The normalized spacial score (nSPS) is 12.9. The summed E-state index contributed by atoms with van der Waals surface area (Å²) in [5, 5.41) is 3.32. The summed E-state index contributed by atoms with van der Waals surface area (Å²) < 4.78 is 11.4. The van der Waals surface area contributed by atoms with E-state index in [1.165, 1.54) is 0 Å². The number of hydrogen-bond donors (Lipinski definition) is 1. The molecule has 1 rings (SSSR count). The van der Waals surface area contributed by atoms with Crippen molar-refractivity contribution in [1.29, 1.82) is 0 Å². The van der Waals surface area contributed by atoms with E-state index in [0.717, 1.165) is 43.9 Å². The van der Waals surface area contributed by atoms with Crippen molar-refractivity contribution in [3.05, 3.63) is 23.7 Å². The largest absolute Gasteiger partial charge is 0.462 e. The molecule has 0 aliphatic carbocycles. The Morgan fingerprint density at radius 2 is 2.00 bits per heavy atom. The molecule has 0 amide bonds. The molecule has 0 fully saturated rings. The first-order chi connectivity index (χ1) is 8.26. The Labute approximate surface area is 105 Å². The Hall–Kier alpha value is -0.800. The average molecular weight is 239 g/mol. The van der Waals surface area contributed by atoms with E-state index in [2.05, 4.69) is 26.1 Å². The zero-order chi connectivity index (χ0) is 12.5. The molecular formula is C14H25NO2. The molecule has 0 spiro atoms. The van der Waals surface area contributed by atoms with Crippen LogP contribution in [0.1, 0.15) is 51.6 Å². The van der Waals surface area contributed by atoms with Gasteiger partial charge in [-0.2, -0.15) is 0 Å². The molecule has 1 aromatic heterocycles. The van der Waals surface area contributed by atoms with Gasteiger partial charge in [0.05, 0.1) is 12.6 Å². The fourth-order valence-corrected chi connectivity index (χ4v) is 1.70. The van der Waals surface area contributed by atoms with E-state index in [1.54, 1.807) is 0 Å². The molecule has 0 saturated heterocycles. The summed E-state index contributed by atoms with van der Waals surface area (Å²) in [6.45, 7) is 8.84. The minimum absolute atomic E-state index is 0.312. The van der Waals surface area contributed by atoms with Crippen molar-refractivity contribution in [2.45, 2.75) is 59.3 Å². The van der Waals surface area contributed by atoms with Crippen LogP contribution in [0, 0.1) is 0 Å². The minimum atomic E-state index is 0.312. The van der Waals surface area contributed by atoms with Gasteiger partial charge in [-0.15, -0.1) is 0 Å². The summed E-state index contributed by atoms with van der Waals surface area (Å²) in [5.41, 5.74) is 0. The number of rotatable bonds is 9. The molecule has 1 aromatic rings. The van der Waals surface area contributed by atoms with Crippen LogP contribution in [-0.2, 0) is 17.9 Å². The molecule has 0 bridgehead atoms. The van der Waals surface area contributed by atoms with Crippen LogP contribution < -0.4 is 5.32 Å². The molecule has 1 N–H and O–H groups in total. The lowest BCUT2D eigenvalue weighted by atomic mass is 10.2. The first-order valence-electron chi connectivity index (χ1n) is 6.66. The number of furan rings is 1. The van der Waals surface area contributed by atoms with E-state index in [0.29, 0.717) is 12.7 Å². The van der Waals surface area contributed by atoms with E-state index in [1.807, 2.05) is 12.1 Å². The van der Waals surface area contributed by atoms with Gasteiger partial charge >= 0.3 is 0 Å². The van der Waals surface area contributed by atoms with Gasteiger partial charge in [0.25, 0.3) is 0 Å². The van der Waals surface area contributed by atoms with Crippen LogP contribution in [0.2, 0.25) is 0 Å². The Balaban J connectivity index is 2.25. The second-order valence-electron chi connectivity index (χ2n) is 4.46. The number of ether oxygens (including phenoxy) is 1. The highest BCUT2D eigenvalue weighted by Crippen LogP contribution is 2.11. The third-order valence-electron chi connectivity index (χ3n) is 2.65. The monoisotopic (exact) mass is 239 g/mol. The smallest absolute Gasteiger partial charge is 0.129 e. The van der Waals surface area contributed by atoms with E-state index in [4.69, 9.17) is 9.15 Å². The summed E-state index contributed by atoms with van der Waals surface area (Å²) in [6, 6.07) is 4.02. The molecule has 0 aliphatic heterocycles. The van der Waals surface area contributed by atoms with Crippen LogP contribution >= 0.6 is 0 Å². The lowest BCUT2D eigenvalue weighted by Gasteiger charge is -2.10. The molecule has 0 aromatic carbocycles. The lowest BCUT2D eigenvalue weighted by Crippen LogP contribution is -2.13. The first kappa shape index (κ1) is 14.3. The van der Waals surface area contributed by atoms with Crippen molar-refractivity contribution >= 4 is 0 Å². The quantitative estimate of drug-likeness (QED) is 0.670.